The molecule has 0 N–H and O–H groups in total. The van der Waals surface area contributed by atoms with Crippen molar-refractivity contribution < 1.29 is 64.1 Å². The molecule has 4 aromatic carbocycles. The number of fused-ring (bicyclic) bond motifs is 4. The highest BCUT2D eigenvalue weighted by Crippen LogP contribution is 2.40. The highest BCUT2D eigenvalue weighted by molar-refractivity contribution is 6.07. The fraction of sp³-hybridized carbons (Fsp3) is 0.409. The number of benzene rings is 4. The second-order valence-corrected chi connectivity index (χ2v) is 17.6. The van der Waals surface area contributed by atoms with Crippen LogP contribution in [-0.2, 0) is 33.3 Å². The third kappa shape index (κ3) is 9.62. The van der Waals surface area contributed by atoms with Crippen molar-refractivity contribution in [1.82, 2.24) is 4.73 Å². The summed E-state index contributed by atoms with van der Waals surface area (Å²) in [5, 5.41) is 2.26. The monoisotopic (exact) mass is 860 g/mol. The molecule has 0 spiro atoms. The zero-order valence-electron chi connectivity index (χ0n) is 31.0. The summed E-state index contributed by atoms with van der Waals surface area (Å²) in [4.78, 5) is 32.2. The van der Waals surface area contributed by atoms with Gasteiger partial charge in [0.1, 0.15) is 25.3 Å². The van der Waals surface area contributed by atoms with Crippen molar-refractivity contribution in [3.63, 3.8) is 0 Å². The molecule has 2 heterocycles. The van der Waals surface area contributed by atoms with Crippen molar-refractivity contribution in [3.05, 3.63) is 110 Å². The summed E-state index contributed by atoms with van der Waals surface area (Å²) < 4.78 is 39.7. The number of hydrogen-bond donors (Lipinski definition) is 0. The van der Waals surface area contributed by atoms with Gasteiger partial charge in [-0.15, -0.1) is 0 Å². The largest absolute Gasteiger partial charge is 0.482 e. The van der Waals surface area contributed by atoms with Crippen LogP contribution in [0.5, 0.6) is 5.75 Å². The highest BCUT2D eigenvalue weighted by Gasteiger charge is 2.46. The van der Waals surface area contributed by atoms with Crippen molar-refractivity contribution in [3.8, 4) is 5.75 Å². The van der Waals surface area contributed by atoms with E-state index in [-0.39, 0.29) is 71.2 Å². The molecule has 3 aliphatic rings. The van der Waals surface area contributed by atoms with Crippen LogP contribution in [0.4, 0.5) is 0 Å². The molecule has 11 heteroatoms. The molecular formula is C44H47INO9+. The second-order valence-electron chi connectivity index (χ2n) is 14.6. The Labute approximate surface area is 331 Å². The first kappa shape index (κ1) is 37.7. The van der Waals surface area contributed by atoms with E-state index in [9.17, 15) is 9.59 Å². The number of rotatable bonds is 16. The molecule has 10 nitrogen and oxygen atoms in total. The predicted molar refractivity (Wildman–Crippen MR) is 201 cm³/mol. The van der Waals surface area contributed by atoms with Crippen LogP contribution >= 0.6 is 0 Å². The maximum atomic E-state index is 13.1. The Morgan fingerprint density at radius 3 is 2.20 bits per heavy atom. The minimum Gasteiger partial charge on any atom is -0.482 e. The summed E-state index contributed by atoms with van der Waals surface area (Å²) in [6.07, 6.45) is 4.02. The lowest BCUT2D eigenvalue weighted by atomic mass is 9.85. The fourth-order valence-corrected chi connectivity index (χ4v) is 9.81. The van der Waals surface area contributed by atoms with E-state index in [0.29, 0.717) is 37.9 Å². The molecule has 0 radical (unpaired) electrons. The van der Waals surface area contributed by atoms with E-state index in [1.807, 2.05) is 53.3 Å². The predicted octanol–water partition coefficient (Wildman–Crippen LogP) is 3.92. The Kier molecular flexibility index (Phi) is 12.2. The minimum atomic E-state index is -0.539. The lowest BCUT2D eigenvalue weighted by Gasteiger charge is -2.35. The van der Waals surface area contributed by atoms with Gasteiger partial charge in [-0.25, -0.2) is 4.79 Å². The highest BCUT2D eigenvalue weighted by atomic mass is 127. The normalized spacial score (nSPS) is 23.2. The van der Waals surface area contributed by atoms with Gasteiger partial charge in [0.25, 0.3) is 0 Å². The molecule has 1 saturated heterocycles. The molecule has 55 heavy (non-hydrogen) atoms. The molecule has 2 saturated carbocycles. The zero-order chi connectivity index (χ0) is 37.6. The zero-order valence-corrected chi connectivity index (χ0v) is 33.1. The average molecular weight is 861 g/mol. The third-order valence-corrected chi connectivity index (χ3v) is 13.4. The van der Waals surface area contributed by atoms with Gasteiger partial charge in [-0.3, -0.25) is 4.79 Å². The fourth-order valence-electron chi connectivity index (χ4n) is 7.66. The number of hydrogen-bond acceptors (Lipinski definition) is 9. The molecule has 0 amide bonds. The van der Waals surface area contributed by atoms with Crippen LogP contribution in [0.15, 0.2) is 97.1 Å². The van der Waals surface area contributed by atoms with E-state index in [1.165, 1.54) is 12.7 Å². The van der Waals surface area contributed by atoms with Gasteiger partial charge in [-0.2, -0.15) is 4.73 Å². The number of esters is 2. The first-order chi connectivity index (χ1) is 27.0. The Morgan fingerprint density at radius 2 is 1.47 bits per heavy atom. The van der Waals surface area contributed by atoms with Crippen LogP contribution in [0.3, 0.4) is 0 Å². The van der Waals surface area contributed by atoms with Gasteiger partial charge in [0.05, 0.1) is 48.5 Å². The van der Waals surface area contributed by atoms with E-state index in [2.05, 4.69) is 55.5 Å². The Morgan fingerprint density at radius 1 is 0.764 bits per heavy atom. The molecule has 1 aliphatic heterocycles. The molecule has 2 aliphatic carbocycles. The topological polar surface area (TPSA) is 107 Å². The van der Waals surface area contributed by atoms with Crippen LogP contribution in [0, 0.1) is 25.9 Å². The van der Waals surface area contributed by atoms with E-state index in [0.717, 1.165) is 47.5 Å². The van der Waals surface area contributed by atoms with Crippen molar-refractivity contribution in [2.45, 2.75) is 69.9 Å². The van der Waals surface area contributed by atoms with Gasteiger partial charge in [0.15, 0.2) is 13.7 Å². The molecular weight excluding hydrogens is 813 g/mol. The van der Waals surface area contributed by atoms with Crippen LogP contribution in [-0.4, -0.2) is 74.3 Å². The Hall–Kier alpha value is -4.17. The number of carbonyl (C=O) groups is 2. The maximum absolute atomic E-state index is 13.1. The number of para-hydroxylation sites is 2. The summed E-state index contributed by atoms with van der Waals surface area (Å²) >= 11 is -0.302. The number of carbonyl (C=O) groups excluding carboxylic acids is 2. The standard InChI is InChI=1S/C44H47INO9/c1-29-10-14-32(15-11-29)45-33-16-18-34(19-17-33)50-27-43(47)55-41-24-30(26-51-44(48)31-13-21-40-42(25-31)54-40)12-20-39(41)52-28-49-22-23-53-46-37-8-4-2-6-35(37)36-7-3-5-9-38(36)46/h2-11,14-19,30-31,39-42H,12-13,20-28H2,1H3/q+1. The first-order valence-electron chi connectivity index (χ1n) is 19.2. The van der Waals surface area contributed by atoms with Crippen LogP contribution < -0.4 is 30.8 Å². The summed E-state index contributed by atoms with van der Waals surface area (Å²) in [6, 6.07) is 32.9. The molecule has 8 rings (SSSR count). The molecule has 3 fully saturated rings. The van der Waals surface area contributed by atoms with E-state index < -0.39 is 12.1 Å². The van der Waals surface area contributed by atoms with Crippen LogP contribution in [0.1, 0.15) is 44.1 Å². The van der Waals surface area contributed by atoms with Crippen molar-refractivity contribution in [1.29, 1.82) is 0 Å². The van der Waals surface area contributed by atoms with Crippen molar-refractivity contribution in [2.24, 2.45) is 11.8 Å². The SMILES string of the molecule is Cc1ccc([I+]c2ccc(OCC(=O)OC3CC(COC(=O)C4CCC5OC5C4)CCC3OCOCCOn3c4ccccc4c4ccccc43)cc2)cc1. The number of aromatic nitrogens is 1. The van der Waals surface area contributed by atoms with Crippen LogP contribution in [0.25, 0.3) is 21.8 Å². The average Bonchev–Trinajstić information content (AvgIpc) is 3.93. The third-order valence-electron chi connectivity index (χ3n) is 10.7. The van der Waals surface area contributed by atoms with Gasteiger partial charge in [-0.05, 0) is 99.9 Å². The van der Waals surface area contributed by atoms with Crippen molar-refractivity contribution >= 4 is 33.7 Å². The summed E-state index contributed by atoms with van der Waals surface area (Å²) in [5.74, 6) is -0.0892. The molecule has 5 aromatic rings. The quantitative estimate of drug-likeness (QED) is 0.0481. The minimum absolute atomic E-state index is 0.0227. The smallest absolute Gasteiger partial charge is 0.357 e. The number of nitrogens with zero attached hydrogens (tertiary/aromatic N) is 1. The Balaban J connectivity index is 0.825. The molecule has 6 atom stereocenters. The van der Waals surface area contributed by atoms with Gasteiger partial charge < -0.3 is 33.3 Å². The van der Waals surface area contributed by atoms with E-state index in [4.69, 9.17) is 33.3 Å². The molecule has 288 valence electrons. The number of halogens is 1. The second kappa shape index (κ2) is 17.7. The van der Waals surface area contributed by atoms with E-state index >= 15 is 0 Å². The summed E-state index contributed by atoms with van der Waals surface area (Å²) in [7, 11) is 0. The number of aryl methyl sites for hydroxylation is 1. The summed E-state index contributed by atoms with van der Waals surface area (Å²) in [5.41, 5.74) is 3.24. The van der Waals surface area contributed by atoms with Crippen LogP contribution in [0.2, 0.25) is 0 Å². The summed E-state index contributed by atoms with van der Waals surface area (Å²) in [6.45, 7) is 2.81. The van der Waals surface area contributed by atoms with Gasteiger partial charge in [0, 0.05) is 10.8 Å². The maximum Gasteiger partial charge on any atom is 0.357 e. The number of epoxide rings is 1. The number of ether oxygens (including phenoxy) is 6. The van der Waals surface area contributed by atoms with Gasteiger partial charge >= 0.3 is 33.1 Å². The molecule has 1 aromatic heterocycles. The molecule has 6 unspecified atom stereocenters. The van der Waals surface area contributed by atoms with Gasteiger partial charge in [-0.1, -0.05) is 54.1 Å². The lowest BCUT2D eigenvalue weighted by molar-refractivity contribution is -0.597. The molecule has 0 bridgehead atoms. The van der Waals surface area contributed by atoms with Gasteiger partial charge in [0.2, 0.25) is 0 Å². The lowest BCUT2D eigenvalue weighted by Crippen LogP contribution is -3.61. The Bertz CT molecular complexity index is 2010. The van der Waals surface area contributed by atoms with E-state index in [1.54, 1.807) is 0 Å². The van der Waals surface area contributed by atoms with Crippen molar-refractivity contribution in [2.75, 3.05) is 33.2 Å². The first-order valence-corrected chi connectivity index (χ1v) is 21.4.